The zero-order chi connectivity index (χ0) is 12.1. The molecule has 1 heterocycles. The van der Waals surface area contributed by atoms with Crippen LogP contribution >= 0.6 is 0 Å². The van der Waals surface area contributed by atoms with Crippen molar-refractivity contribution in [3.05, 3.63) is 18.2 Å². The first-order valence-corrected chi connectivity index (χ1v) is 5.97. The molecule has 0 spiro atoms. The Morgan fingerprint density at radius 3 is 2.94 bits per heavy atom. The van der Waals surface area contributed by atoms with Crippen molar-refractivity contribution in [3.8, 4) is 11.5 Å². The number of ether oxygens (including phenoxy) is 3. The molecule has 0 bridgehead atoms. The van der Waals surface area contributed by atoms with Crippen LogP contribution in [-0.4, -0.2) is 26.6 Å². The van der Waals surface area contributed by atoms with Gasteiger partial charge in [0.25, 0.3) is 0 Å². The van der Waals surface area contributed by atoms with E-state index in [1.165, 1.54) is 0 Å². The van der Waals surface area contributed by atoms with Crippen LogP contribution in [0.5, 0.6) is 11.5 Å². The van der Waals surface area contributed by atoms with Crippen LogP contribution in [0.1, 0.15) is 13.8 Å². The fourth-order valence-electron chi connectivity index (χ4n) is 1.59. The van der Waals surface area contributed by atoms with E-state index in [4.69, 9.17) is 14.2 Å². The van der Waals surface area contributed by atoms with E-state index < -0.39 is 0 Å². The van der Waals surface area contributed by atoms with Gasteiger partial charge in [0.1, 0.15) is 0 Å². The quantitative estimate of drug-likeness (QED) is 0.772. The zero-order valence-electron chi connectivity index (χ0n) is 10.4. The normalized spacial score (nSPS) is 13.1. The van der Waals surface area contributed by atoms with E-state index in [0.717, 1.165) is 30.3 Å². The lowest BCUT2D eigenvalue weighted by atomic mass is 10.2. The van der Waals surface area contributed by atoms with Gasteiger partial charge in [0.05, 0.1) is 6.61 Å². The van der Waals surface area contributed by atoms with Crippen LogP contribution in [0.2, 0.25) is 0 Å². The summed E-state index contributed by atoms with van der Waals surface area (Å²) in [6, 6.07) is 5.85. The number of benzene rings is 1. The molecule has 94 valence electrons. The lowest BCUT2D eigenvalue weighted by Gasteiger charge is -2.09. The molecule has 0 amide bonds. The van der Waals surface area contributed by atoms with E-state index >= 15 is 0 Å². The predicted molar refractivity (Wildman–Crippen MR) is 66.7 cm³/mol. The van der Waals surface area contributed by atoms with Crippen LogP contribution < -0.4 is 14.8 Å². The van der Waals surface area contributed by atoms with Crippen LogP contribution in [0.4, 0.5) is 5.69 Å². The van der Waals surface area contributed by atoms with E-state index in [1.807, 2.05) is 18.2 Å². The molecule has 0 aliphatic carbocycles. The van der Waals surface area contributed by atoms with Gasteiger partial charge in [-0.2, -0.15) is 0 Å². The number of rotatable bonds is 6. The molecule has 1 N–H and O–H groups in total. The molecular weight excluding hydrogens is 218 g/mol. The van der Waals surface area contributed by atoms with Crippen molar-refractivity contribution < 1.29 is 14.2 Å². The highest BCUT2D eigenvalue weighted by Gasteiger charge is 2.12. The van der Waals surface area contributed by atoms with Gasteiger partial charge in [-0.15, -0.1) is 0 Å². The molecule has 0 atom stereocenters. The third kappa shape index (κ3) is 3.53. The molecule has 0 saturated carbocycles. The maximum Gasteiger partial charge on any atom is 0.231 e. The Bertz CT molecular complexity index is 366. The second-order valence-electron chi connectivity index (χ2n) is 4.46. The number of anilines is 1. The monoisotopic (exact) mass is 237 g/mol. The molecule has 4 heteroatoms. The minimum atomic E-state index is 0.316. The van der Waals surface area contributed by atoms with E-state index in [-0.39, 0.29) is 0 Å². The smallest absolute Gasteiger partial charge is 0.231 e. The van der Waals surface area contributed by atoms with Crippen molar-refractivity contribution in [2.24, 2.45) is 5.92 Å². The first kappa shape index (κ1) is 12.0. The van der Waals surface area contributed by atoms with Crippen LogP contribution in [0.3, 0.4) is 0 Å². The van der Waals surface area contributed by atoms with Gasteiger partial charge >= 0.3 is 0 Å². The summed E-state index contributed by atoms with van der Waals surface area (Å²) >= 11 is 0. The molecule has 1 aromatic rings. The topological polar surface area (TPSA) is 39.7 Å². The van der Waals surface area contributed by atoms with Gasteiger partial charge in [-0.3, -0.25) is 0 Å². The van der Waals surface area contributed by atoms with Gasteiger partial charge < -0.3 is 19.5 Å². The zero-order valence-corrected chi connectivity index (χ0v) is 10.4. The van der Waals surface area contributed by atoms with Crippen LogP contribution in [0.25, 0.3) is 0 Å². The minimum Gasteiger partial charge on any atom is -0.454 e. The maximum absolute atomic E-state index is 5.49. The fourth-order valence-corrected chi connectivity index (χ4v) is 1.59. The van der Waals surface area contributed by atoms with Gasteiger partial charge in [0.15, 0.2) is 11.5 Å². The Morgan fingerprint density at radius 2 is 2.12 bits per heavy atom. The Kier molecular flexibility index (Phi) is 4.09. The van der Waals surface area contributed by atoms with Crippen LogP contribution in [-0.2, 0) is 4.74 Å². The molecule has 4 nitrogen and oxygen atoms in total. The van der Waals surface area contributed by atoms with Crippen LogP contribution in [0, 0.1) is 5.92 Å². The van der Waals surface area contributed by atoms with E-state index in [9.17, 15) is 0 Å². The van der Waals surface area contributed by atoms with Gasteiger partial charge in [-0.1, -0.05) is 13.8 Å². The predicted octanol–water partition coefficient (Wildman–Crippen LogP) is 2.50. The average molecular weight is 237 g/mol. The SMILES string of the molecule is CC(C)COCCNc1ccc2c(c1)OCO2. The van der Waals surface area contributed by atoms with Gasteiger partial charge in [-0.25, -0.2) is 0 Å². The summed E-state index contributed by atoms with van der Waals surface area (Å²) in [5.41, 5.74) is 1.03. The van der Waals surface area contributed by atoms with Gasteiger partial charge in [0, 0.05) is 24.9 Å². The number of hydrogen-bond donors (Lipinski definition) is 1. The van der Waals surface area contributed by atoms with Crippen molar-refractivity contribution in [2.75, 3.05) is 31.9 Å². The number of hydrogen-bond acceptors (Lipinski definition) is 4. The molecule has 0 saturated heterocycles. The van der Waals surface area contributed by atoms with Crippen molar-refractivity contribution in [1.82, 2.24) is 0 Å². The van der Waals surface area contributed by atoms with Crippen molar-refractivity contribution >= 4 is 5.69 Å². The number of nitrogens with one attached hydrogen (secondary N) is 1. The Balaban J connectivity index is 1.72. The Hall–Kier alpha value is -1.42. The standard InChI is InChI=1S/C13H19NO3/c1-10(2)8-15-6-5-14-11-3-4-12-13(7-11)17-9-16-12/h3-4,7,10,14H,5-6,8-9H2,1-2H3. The summed E-state index contributed by atoms with van der Waals surface area (Å²) in [5, 5.41) is 3.29. The summed E-state index contributed by atoms with van der Waals surface area (Å²) in [5.74, 6) is 2.20. The van der Waals surface area contributed by atoms with Crippen LogP contribution in [0.15, 0.2) is 18.2 Å². The average Bonchev–Trinajstić information content (AvgIpc) is 2.75. The molecule has 17 heavy (non-hydrogen) atoms. The molecule has 1 aromatic carbocycles. The molecular formula is C13H19NO3. The maximum atomic E-state index is 5.49. The molecule has 0 aromatic heterocycles. The van der Waals surface area contributed by atoms with Crippen molar-refractivity contribution in [2.45, 2.75) is 13.8 Å². The second-order valence-corrected chi connectivity index (χ2v) is 4.46. The van der Waals surface area contributed by atoms with E-state index in [1.54, 1.807) is 0 Å². The summed E-state index contributed by atoms with van der Waals surface area (Å²) in [7, 11) is 0. The summed E-state index contributed by atoms with van der Waals surface area (Å²) in [6.07, 6.45) is 0. The lowest BCUT2D eigenvalue weighted by Crippen LogP contribution is -2.12. The first-order chi connectivity index (χ1) is 8.25. The molecule has 0 unspecified atom stereocenters. The largest absolute Gasteiger partial charge is 0.454 e. The summed E-state index contributed by atoms with van der Waals surface area (Å²) in [4.78, 5) is 0. The molecule has 2 rings (SSSR count). The summed E-state index contributed by atoms with van der Waals surface area (Å²) < 4.78 is 16.0. The van der Waals surface area contributed by atoms with E-state index in [0.29, 0.717) is 19.3 Å². The molecule has 0 radical (unpaired) electrons. The van der Waals surface area contributed by atoms with Gasteiger partial charge in [-0.05, 0) is 18.1 Å². The van der Waals surface area contributed by atoms with Crippen molar-refractivity contribution in [3.63, 3.8) is 0 Å². The first-order valence-electron chi connectivity index (χ1n) is 5.97. The third-order valence-corrected chi connectivity index (χ3v) is 2.40. The highest BCUT2D eigenvalue weighted by Crippen LogP contribution is 2.34. The Labute approximate surface area is 102 Å². The lowest BCUT2D eigenvalue weighted by molar-refractivity contribution is 0.118. The highest BCUT2D eigenvalue weighted by atomic mass is 16.7. The number of fused-ring (bicyclic) bond motifs is 1. The van der Waals surface area contributed by atoms with E-state index in [2.05, 4.69) is 19.2 Å². The minimum absolute atomic E-state index is 0.316. The third-order valence-electron chi connectivity index (χ3n) is 2.40. The van der Waals surface area contributed by atoms with Gasteiger partial charge in [0.2, 0.25) is 6.79 Å². The molecule has 1 aliphatic rings. The summed E-state index contributed by atoms with van der Waals surface area (Å²) in [6.45, 7) is 6.93. The fraction of sp³-hybridized carbons (Fsp3) is 0.538. The highest BCUT2D eigenvalue weighted by molar-refractivity contribution is 5.55. The second kappa shape index (κ2) is 5.77. The van der Waals surface area contributed by atoms with Crippen molar-refractivity contribution in [1.29, 1.82) is 0 Å². The Morgan fingerprint density at radius 1 is 1.29 bits per heavy atom. The molecule has 0 fully saturated rings. The molecule has 1 aliphatic heterocycles.